The number of nitrogens with two attached hydrogens (primary N) is 1. The zero-order chi connectivity index (χ0) is 12.7. The van der Waals surface area contributed by atoms with E-state index in [0.29, 0.717) is 23.2 Å². The molecule has 0 bridgehead atoms. The lowest BCUT2D eigenvalue weighted by Gasteiger charge is -2.21. The molecule has 0 radical (unpaired) electrons. The quantitative estimate of drug-likeness (QED) is 0.870. The highest BCUT2D eigenvalue weighted by Gasteiger charge is 2.31. The normalized spacial score (nSPS) is 25.7. The molecular weight excluding hydrogens is 229 g/mol. The summed E-state index contributed by atoms with van der Waals surface area (Å²) in [5.74, 6) is 1.48. The number of benzene rings is 1. The average Bonchev–Trinajstić information content (AvgIpc) is 2.95. The molecular formula is C15H18FNO. The van der Waals surface area contributed by atoms with Crippen molar-refractivity contribution in [1.29, 1.82) is 0 Å². The molecule has 1 aliphatic rings. The maximum Gasteiger partial charge on any atom is 0.169 e. The van der Waals surface area contributed by atoms with Gasteiger partial charge in [-0.2, -0.15) is 0 Å². The summed E-state index contributed by atoms with van der Waals surface area (Å²) in [6.45, 7) is 2.24. The molecule has 0 amide bonds. The molecule has 3 rings (SSSR count). The molecule has 3 atom stereocenters. The summed E-state index contributed by atoms with van der Waals surface area (Å²) in [4.78, 5) is 0. The standard InChI is InChI=1S/C15H18FNO/c1-9-4-2-6-11(9)14(17)13-8-10-5-3-7-12(16)15(10)18-13/h3,5,7-9,11,14H,2,4,6,17H2,1H3. The number of fused-ring (bicyclic) bond motifs is 1. The maximum absolute atomic E-state index is 13.6. The van der Waals surface area contributed by atoms with Crippen LogP contribution in [0.2, 0.25) is 0 Å². The molecule has 3 unspecified atom stereocenters. The zero-order valence-electron chi connectivity index (χ0n) is 10.5. The molecule has 1 aromatic heterocycles. The first kappa shape index (κ1) is 11.7. The third-order valence-corrected chi connectivity index (χ3v) is 4.23. The summed E-state index contributed by atoms with van der Waals surface area (Å²) in [6.07, 6.45) is 3.60. The Kier molecular flexibility index (Phi) is 2.86. The van der Waals surface area contributed by atoms with E-state index in [-0.39, 0.29) is 11.9 Å². The van der Waals surface area contributed by atoms with Crippen molar-refractivity contribution in [2.24, 2.45) is 17.6 Å². The summed E-state index contributed by atoms with van der Waals surface area (Å²) in [5.41, 5.74) is 6.62. The van der Waals surface area contributed by atoms with Crippen LogP contribution in [-0.2, 0) is 0 Å². The molecule has 1 saturated carbocycles. The van der Waals surface area contributed by atoms with Crippen molar-refractivity contribution in [3.8, 4) is 0 Å². The third-order valence-electron chi connectivity index (χ3n) is 4.23. The highest BCUT2D eigenvalue weighted by molar-refractivity contribution is 5.78. The lowest BCUT2D eigenvalue weighted by atomic mass is 9.89. The number of rotatable bonds is 2. The first-order valence-electron chi connectivity index (χ1n) is 6.60. The minimum Gasteiger partial charge on any atom is -0.456 e. The van der Waals surface area contributed by atoms with Gasteiger partial charge < -0.3 is 10.2 Å². The Bertz CT molecular complexity index is 563. The van der Waals surface area contributed by atoms with Gasteiger partial charge in [0.15, 0.2) is 11.4 Å². The van der Waals surface area contributed by atoms with Crippen molar-refractivity contribution in [2.45, 2.75) is 32.2 Å². The minimum atomic E-state index is -0.314. The molecule has 18 heavy (non-hydrogen) atoms. The molecule has 2 nitrogen and oxygen atoms in total. The summed E-state index contributed by atoms with van der Waals surface area (Å²) in [6, 6.07) is 6.74. The van der Waals surface area contributed by atoms with Gasteiger partial charge in [-0.1, -0.05) is 31.9 Å². The van der Waals surface area contributed by atoms with Crippen LogP contribution in [0.15, 0.2) is 28.7 Å². The molecule has 0 saturated heterocycles. The summed E-state index contributed by atoms with van der Waals surface area (Å²) < 4.78 is 19.2. The van der Waals surface area contributed by atoms with Gasteiger partial charge in [-0.15, -0.1) is 0 Å². The van der Waals surface area contributed by atoms with Crippen molar-refractivity contribution >= 4 is 11.0 Å². The first-order valence-corrected chi connectivity index (χ1v) is 6.60. The SMILES string of the molecule is CC1CCCC1C(N)c1cc2cccc(F)c2o1. The summed E-state index contributed by atoms with van der Waals surface area (Å²) in [7, 11) is 0. The van der Waals surface area contributed by atoms with Gasteiger partial charge in [-0.25, -0.2) is 4.39 Å². The van der Waals surface area contributed by atoms with Crippen molar-refractivity contribution < 1.29 is 8.81 Å². The number of hydrogen-bond donors (Lipinski definition) is 1. The van der Waals surface area contributed by atoms with Crippen LogP contribution in [0.3, 0.4) is 0 Å². The van der Waals surface area contributed by atoms with Gasteiger partial charge >= 0.3 is 0 Å². The zero-order valence-corrected chi connectivity index (χ0v) is 10.5. The molecule has 1 aromatic carbocycles. The second-order valence-corrected chi connectivity index (χ2v) is 5.40. The molecule has 96 valence electrons. The molecule has 2 aromatic rings. The van der Waals surface area contributed by atoms with Crippen LogP contribution in [0.1, 0.15) is 38.0 Å². The van der Waals surface area contributed by atoms with Crippen LogP contribution < -0.4 is 5.73 Å². The average molecular weight is 247 g/mol. The topological polar surface area (TPSA) is 39.2 Å². The Morgan fingerprint density at radius 3 is 2.89 bits per heavy atom. The molecule has 0 aliphatic heterocycles. The molecule has 1 fully saturated rings. The highest BCUT2D eigenvalue weighted by Crippen LogP contribution is 2.40. The monoisotopic (exact) mass is 247 g/mol. The minimum absolute atomic E-state index is 0.116. The summed E-state index contributed by atoms with van der Waals surface area (Å²) in [5, 5.41) is 0.797. The van der Waals surface area contributed by atoms with E-state index in [2.05, 4.69) is 6.92 Å². The van der Waals surface area contributed by atoms with Crippen LogP contribution in [0.4, 0.5) is 4.39 Å². The van der Waals surface area contributed by atoms with Crippen LogP contribution in [0.5, 0.6) is 0 Å². The fourth-order valence-corrected chi connectivity index (χ4v) is 3.13. The lowest BCUT2D eigenvalue weighted by molar-refractivity contribution is 0.315. The van der Waals surface area contributed by atoms with Gasteiger partial charge in [-0.3, -0.25) is 0 Å². The second kappa shape index (κ2) is 4.39. The van der Waals surface area contributed by atoms with Crippen LogP contribution in [-0.4, -0.2) is 0 Å². The molecule has 3 heteroatoms. The van der Waals surface area contributed by atoms with Gasteiger partial charge in [-0.05, 0) is 30.4 Å². The van der Waals surface area contributed by atoms with Crippen molar-refractivity contribution in [1.82, 2.24) is 0 Å². The number of hydrogen-bond acceptors (Lipinski definition) is 2. The number of para-hydroxylation sites is 1. The van der Waals surface area contributed by atoms with E-state index in [1.807, 2.05) is 12.1 Å². The lowest BCUT2D eigenvalue weighted by Crippen LogP contribution is -2.22. The molecule has 2 N–H and O–H groups in total. The van der Waals surface area contributed by atoms with Gasteiger partial charge in [0.25, 0.3) is 0 Å². The molecule has 1 aliphatic carbocycles. The fourth-order valence-electron chi connectivity index (χ4n) is 3.13. The van der Waals surface area contributed by atoms with Crippen molar-refractivity contribution in [2.75, 3.05) is 0 Å². The van der Waals surface area contributed by atoms with E-state index in [0.717, 1.165) is 11.8 Å². The van der Waals surface area contributed by atoms with E-state index in [1.54, 1.807) is 6.07 Å². The Hall–Kier alpha value is -1.35. The Morgan fingerprint density at radius 2 is 2.22 bits per heavy atom. The molecule has 1 heterocycles. The van der Waals surface area contributed by atoms with Gasteiger partial charge in [0, 0.05) is 5.39 Å². The summed E-state index contributed by atoms with van der Waals surface area (Å²) >= 11 is 0. The van der Waals surface area contributed by atoms with Crippen LogP contribution in [0.25, 0.3) is 11.0 Å². The van der Waals surface area contributed by atoms with Crippen LogP contribution in [0, 0.1) is 17.7 Å². The highest BCUT2D eigenvalue weighted by atomic mass is 19.1. The van der Waals surface area contributed by atoms with Gasteiger partial charge in [0.1, 0.15) is 5.76 Å². The Morgan fingerprint density at radius 1 is 1.39 bits per heavy atom. The predicted molar refractivity (Wildman–Crippen MR) is 69.6 cm³/mol. The first-order chi connectivity index (χ1) is 8.66. The van der Waals surface area contributed by atoms with E-state index >= 15 is 0 Å². The van der Waals surface area contributed by atoms with E-state index in [4.69, 9.17) is 10.2 Å². The largest absolute Gasteiger partial charge is 0.456 e. The molecule has 0 spiro atoms. The predicted octanol–water partition coefficient (Wildman–Crippen LogP) is 4.01. The van der Waals surface area contributed by atoms with Gasteiger partial charge in [0.05, 0.1) is 6.04 Å². The third kappa shape index (κ3) is 1.83. The van der Waals surface area contributed by atoms with Crippen LogP contribution >= 0.6 is 0 Å². The van der Waals surface area contributed by atoms with Crippen molar-refractivity contribution in [3.05, 3.63) is 35.8 Å². The number of halogens is 1. The Balaban J connectivity index is 1.96. The van der Waals surface area contributed by atoms with E-state index < -0.39 is 0 Å². The van der Waals surface area contributed by atoms with Gasteiger partial charge in [0.2, 0.25) is 0 Å². The van der Waals surface area contributed by atoms with E-state index in [9.17, 15) is 4.39 Å². The smallest absolute Gasteiger partial charge is 0.169 e. The fraction of sp³-hybridized carbons (Fsp3) is 0.467. The Labute approximate surface area is 106 Å². The second-order valence-electron chi connectivity index (χ2n) is 5.40. The van der Waals surface area contributed by atoms with E-state index in [1.165, 1.54) is 18.9 Å². The number of furan rings is 1. The van der Waals surface area contributed by atoms with Crippen molar-refractivity contribution in [3.63, 3.8) is 0 Å². The maximum atomic E-state index is 13.6.